The zero-order chi connectivity index (χ0) is 13.9. The van der Waals surface area contributed by atoms with Crippen LogP contribution in [0.5, 0.6) is 0 Å². The molecule has 0 radical (unpaired) electrons. The van der Waals surface area contributed by atoms with E-state index in [9.17, 15) is 9.59 Å². The summed E-state index contributed by atoms with van der Waals surface area (Å²) in [5.74, 6) is 1.89. The van der Waals surface area contributed by atoms with E-state index in [0.29, 0.717) is 24.2 Å². The van der Waals surface area contributed by atoms with Crippen molar-refractivity contribution >= 4 is 11.8 Å². The molecule has 3 aliphatic rings. The predicted octanol–water partition coefficient (Wildman–Crippen LogP) is 1.94. The molecular weight excluding hydrogens is 252 g/mol. The number of hydrogen-bond donors (Lipinski definition) is 1. The average molecular weight is 278 g/mol. The van der Waals surface area contributed by atoms with Crippen molar-refractivity contribution in [2.45, 2.75) is 51.4 Å². The third-order valence-corrected chi connectivity index (χ3v) is 5.44. The lowest BCUT2D eigenvalue weighted by molar-refractivity contribution is -0.139. The van der Waals surface area contributed by atoms with Gasteiger partial charge < -0.3 is 10.2 Å². The molecule has 3 fully saturated rings. The summed E-state index contributed by atoms with van der Waals surface area (Å²) in [5, 5.41) is 2.97. The van der Waals surface area contributed by atoms with Crippen LogP contribution in [0.15, 0.2) is 0 Å². The topological polar surface area (TPSA) is 49.4 Å². The van der Waals surface area contributed by atoms with Crippen LogP contribution < -0.4 is 5.32 Å². The van der Waals surface area contributed by atoms with E-state index in [-0.39, 0.29) is 11.8 Å². The van der Waals surface area contributed by atoms with Gasteiger partial charge in [0.25, 0.3) is 0 Å². The summed E-state index contributed by atoms with van der Waals surface area (Å²) in [7, 11) is 0. The summed E-state index contributed by atoms with van der Waals surface area (Å²) in [5.41, 5.74) is 0. The second kappa shape index (κ2) is 6.15. The molecule has 0 aromatic rings. The maximum Gasteiger partial charge on any atom is 0.225 e. The molecule has 2 aliphatic heterocycles. The first kappa shape index (κ1) is 13.9. The first-order chi connectivity index (χ1) is 9.74. The molecule has 4 heteroatoms. The van der Waals surface area contributed by atoms with Crippen LogP contribution >= 0.6 is 0 Å². The van der Waals surface area contributed by atoms with Gasteiger partial charge in [0, 0.05) is 32.0 Å². The van der Waals surface area contributed by atoms with Crippen LogP contribution in [0.4, 0.5) is 0 Å². The van der Waals surface area contributed by atoms with Crippen LogP contribution in [0.2, 0.25) is 0 Å². The van der Waals surface area contributed by atoms with Crippen molar-refractivity contribution in [3.05, 3.63) is 0 Å². The molecule has 112 valence electrons. The highest BCUT2D eigenvalue weighted by molar-refractivity contribution is 5.79. The number of carbonyl (C=O) groups excluding carboxylic acids is 2. The van der Waals surface area contributed by atoms with E-state index in [2.05, 4.69) is 10.2 Å². The highest BCUT2D eigenvalue weighted by Gasteiger charge is 2.36. The van der Waals surface area contributed by atoms with E-state index in [1.165, 1.54) is 19.3 Å². The highest BCUT2D eigenvalue weighted by atomic mass is 16.2. The number of likely N-dealkylation sites (tertiary alicyclic amines) is 1. The highest BCUT2D eigenvalue weighted by Crippen LogP contribution is 2.33. The molecule has 20 heavy (non-hydrogen) atoms. The third-order valence-electron chi connectivity index (χ3n) is 5.44. The van der Waals surface area contributed by atoms with Crippen molar-refractivity contribution in [1.82, 2.24) is 10.2 Å². The molecule has 0 aromatic heterocycles. The van der Waals surface area contributed by atoms with Crippen LogP contribution in [-0.4, -0.2) is 36.3 Å². The number of fused-ring (bicyclic) bond motifs is 1. The van der Waals surface area contributed by atoms with E-state index >= 15 is 0 Å². The number of piperidine rings is 1. The quantitative estimate of drug-likeness (QED) is 0.797. The van der Waals surface area contributed by atoms with Crippen LogP contribution in [-0.2, 0) is 9.59 Å². The zero-order valence-corrected chi connectivity index (χ0v) is 12.3. The van der Waals surface area contributed by atoms with E-state index in [1.54, 1.807) is 0 Å². The minimum absolute atomic E-state index is 0.199. The van der Waals surface area contributed by atoms with Gasteiger partial charge in [0.1, 0.15) is 0 Å². The van der Waals surface area contributed by atoms with Crippen LogP contribution in [0.1, 0.15) is 51.4 Å². The second-order valence-corrected chi connectivity index (χ2v) is 6.77. The lowest BCUT2D eigenvalue weighted by Gasteiger charge is -2.39. The van der Waals surface area contributed by atoms with Gasteiger partial charge in [0.05, 0.1) is 0 Å². The Balaban J connectivity index is 1.59. The van der Waals surface area contributed by atoms with Gasteiger partial charge in [0.2, 0.25) is 11.8 Å². The van der Waals surface area contributed by atoms with Gasteiger partial charge in [-0.15, -0.1) is 0 Å². The third kappa shape index (κ3) is 2.99. The Kier molecular flexibility index (Phi) is 4.27. The van der Waals surface area contributed by atoms with Gasteiger partial charge in [-0.1, -0.05) is 19.3 Å². The maximum absolute atomic E-state index is 12.6. The molecule has 0 aromatic carbocycles. The number of rotatable bonds is 1. The lowest BCUT2D eigenvalue weighted by atomic mass is 9.81. The van der Waals surface area contributed by atoms with Crippen LogP contribution in [0.3, 0.4) is 0 Å². The number of hydrogen-bond acceptors (Lipinski definition) is 2. The van der Waals surface area contributed by atoms with Crippen LogP contribution in [0.25, 0.3) is 0 Å². The monoisotopic (exact) mass is 278 g/mol. The molecular formula is C16H26N2O2. The standard InChI is InChI=1S/C16H26N2O2/c19-15-10-13-7-9-18(11-14(13)6-8-17-15)16(20)12-4-2-1-3-5-12/h12-14H,1-11H2,(H,17,19). The maximum atomic E-state index is 12.6. The summed E-state index contributed by atoms with van der Waals surface area (Å²) in [6.45, 7) is 2.53. The average Bonchev–Trinajstić information content (AvgIpc) is 2.67. The summed E-state index contributed by atoms with van der Waals surface area (Å²) in [6.07, 6.45) is 8.61. The van der Waals surface area contributed by atoms with Crippen molar-refractivity contribution < 1.29 is 9.59 Å². The van der Waals surface area contributed by atoms with E-state index < -0.39 is 0 Å². The lowest BCUT2D eigenvalue weighted by Crippen LogP contribution is -2.46. The van der Waals surface area contributed by atoms with Gasteiger partial charge >= 0.3 is 0 Å². The number of carbonyl (C=O) groups is 2. The van der Waals surface area contributed by atoms with Crippen LogP contribution in [0, 0.1) is 17.8 Å². The van der Waals surface area contributed by atoms with Gasteiger partial charge in [-0.25, -0.2) is 0 Å². The molecule has 2 heterocycles. The Labute approximate surface area is 121 Å². The normalized spacial score (nSPS) is 32.2. The Morgan fingerprint density at radius 1 is 1.05 bits per heavy atom. The molecule has 1 aliphatic carbocycles. The SMILES string of the molecule is O=C1CC2CCN(C(=O)C3CCCCC3)CC2CCN1. The molecule has 0 bridgehead atoms. The Bertz CT molecular complexity index is 377. The van der Waals surface area contributed by atoms with Gasteiger partial charge in [-0.2, -0.15) is 0 Å². The first-order valence-electron chi connectivity index (χ1n) is 8.29. The molecule has 2 unspecified atom stereocenters. The Morgan fingerprint density at radius 2 is 1.85 bits per heavy atom. The Hall–Kier alpha value is -1.06. The minimum atomic E-state index is 0.199. The van der Waals surface area contributed by atoms with Crippen molar-refractivity contribution in [3.8, 4) is 0 Å². The summed E-state index contributed by atoms with van der Waals surface area (Å²) in [6, 6.07) is 0. The molecule has 0 spiro atoms. The van der Waals surface area contributed by atoms with Crippen molar-refractivity contribution in [3.63, 3.8) is 0 Å². The smallest absolute Gasteiger partial charge is 0.225 e. The number of nitrogens with one attached hydrogen (secondary N) is 1. The number of amides is 2. The fourth-order valence-electron chi connectivity index (χ4n) is 4.19. The Morgan fingerprint density at radius 3 is 2.65 bits per heavy atom. The summed E-state index contributed by atoms with van der Waals surface area (Å²) >= 11 is 0. The summed E-state index contributed by atoms with van der Waals surface area (Å²) < 4.78 is 0. The van der Waals surface area contributed by atoms with E-state index in [0.717, 1.165) is 45.3 Å². The van der Waals surface area contributed by atoms with Gasteiger partial charge in [-0.3, -0.25) is 9.59 Å². The molecule has 2 amide bonds. The second-order valence-electron chi connectivity index (χ2n) is 6.77. The minimum Gasteiger partial charge on any atom is -0.356 e. The molecule has 4 nitrogen and oxygen atoms in total. The molecule has 2 atom stereocenters. The molecule has 2 saturated heterocycles. The molecule has 1 N–H and O–H groups in total. The molecule has 3 rings (SSSR count). The fourth-order valence-corrected chi connectivity index (χ4v) is 4.19. The van der Waals surface area contributed by atoms with E-state index in [1.807, 2.05) is 0 Å². The largest absolute Gasteiger partial charge is 0.356 e. The summed E-state index contributed by atoms with van der Waals surface area (Å²) in [4.78, 5) is 26.3. The van der Waals surface area contributed by atoms with E-state index in [4.69, 9.17) is 0 Å². The van der Waals surface area contributed by atoms with Crippen molar-refractivity contribution in [2.24, 2.45) is 17.8 Å². The first-order valence-corrected chi connectivity index (χ1v) is 8.29. The molecule has 1 saturated carbocycles. The number of nitrogens with zero attached hydrogens (tertiary/aromatic N) is 1. The van der Waals surface area contributed by atoms with Crippen molar-refractivity contribution in [2.75, 3.05) is 19.6 Å². The fraction of sp³-hybridized carbons (Fsp3) is 0.875. The van der Waals surface area contributed by atoms with Gasteiger partial charge in [0.15, 0.2) is 0 Å². The van der Waals surface area contributed by atoms with Gasteiger partial charge in [-0.05, 0) is 37.5 Å². The van der Waals surface area contributed by atoms with Crippen molar-refractivity contribution in [1.29, 1.82) is 0 Å². The predicted molar refractivity (Wildman–Crippen MR) is 77.0 cm³/mol. The zero-order valence-electron chi connectivity index (χ0n) is 12.3.